The van der Waals surface area contributed by atoms with E-state index in [0.29, 0.717) is 0 Å². The Hall–Kier alpha value is 0.180. The van der Waals surface area contributed by atoms with Crippen LogP contribution in [0.25, 0.3) is 0 Å². The van der Waals surface area contributed by atoms with Crippen LogP contribution in [-0.2, 0) is 0 Å². The molecule has 0 atom stereocenters. The maximum Gasteiger partial charge on any atom is 0.0817 e. The van der Waals surface area contributed by atoms with Crippen LogP contribution in [0.2, 0.25) is 0 Å². The molecule has 64 valence electrons. The van der Waals surface area contributed by atoms with Crippen molar-refractivity contribution >= 4 is 23.5 Å². The van der Waals surface area contributed by atoms with Crippen LogP contribution in [0.1, 0.15) is 12.8 Å². The van der Waals surface area contributed by atoms with Gasteiger partial charge in [-0.15, -0.1) is 11.8 Å². The van der Waals surface area contributed by atoms with Gasteiger partial charge in [0.2, 0.25) is 0 Å². The summed E-state index contributed by atoms with van der Waals surface area (Å²) in [6, 6.07) is 0. The molecule has 0 aromatic heterocycles. The van der Waals surface area contributed by atoms with Crippen LogP contribution in [0.4, 0.5) is 0 Å². The summed E-state index contributed by atoms with van der Waals surface area (Å²) in [4.78, 5) is 0. The van der Waals surface area contributed by atoms with E-state index in [4.69, 9.17) is 0 Å². The molecule has 2 rings (SSSR count). The molecule has 0 fully saturated rings. The monoisotopic (exact) mass is 196 g/mol. The fourth-order valence-corrected chi connectivity index (χ4v) is 3.00. The largest absolute Gasteiger partial charge is 0.157 e. The van der Waals surface area contributed by atoms with E-state index in [0.717, 1.165) is 0 Å². The third kappa shape index (κ3) is 2.11. The van der Waals surface area contributed by atoms with Crippen LogP contribution < -0.4 is 0 Å². The number of rotatable bonds is 1. The fraction of sp³-hybridized carbons (Fsp3) is 0.500. The van der Waals surface area contributed by atoms with Gasteiger partial charge in [-0.05, 0) is 35.5 Å². The minimum absolute atomic E-state index is 1.19. The molecule has 12 heavy (non-hydrogen) atoms. The number of allylic oxidation sites excluding steroid dienone is 2. The van der Waals surface area contributed by atoms with Gasteiger partial charge in [-0.3, -0.25) is 0 Å². The van der Waals surface area contributed by atoms with Gasteiger partial charge >= 0.3 is 0 Å². The summed E-state index contributed by atoms with van der Waals surface area (Å²) in [6.45, 7) is 0. The normalized spacial score (nSPS) is 24.7. The van der Waals surface area contributed by atoms with E-state index in [1.54, 1.807) is 0 Å². The SMILES string of the molecule is [C]1SCCC=C1C1=CCCSC1. The van der Waals surface area contributed by atoms with E-state index in [9.17, 15) is 0 Å². The predicted molar refractivity (Wildman–Crippen MR) is 58.4 cm³/mol. The zero-order valence-electron chi connectivity index (χ0n) is 7.01. The zero-order chi connectivity index (χ0) is 8.23. The molecule has 0 aliphatic carbocycles. The lowest BCUT2D eigenvalue weighted by molar-refractivity contribution is 1.14. The first-order valence-corrected chi connectivity index (χ1v) is 6.46. The van der Waals surface area contributed by atoms with E-state index in [-0.39, 0.29) is 0 Å². The molecule has 0 nitrogen and oxygen atoms in total. The van der Waals surface area contributed by atoms with Crippen LogP contribution in [-0.4, -0.2) is 17.3 Å². The van der Waals surface area contributed by atoms with Crippen molar-refractivity contribution in [1.82, 2.24) is 0 Å². The first-order chi connectivity index (χ1) is 5.97. The molecule has 0 saturated carbocycles. The summed E-state index contributed by atoms with van der Waals surface area (Å²) in [5.41, 5.74) is 2.89. The highest BCUT2D eigenvalue weighted by atomic mass is 32.2. The third-order valence-corrected chi connectivity index (χ3v) is 3.85. The first kappa shape index (κ1) is 8.76. The molecule has 2 aliphatic rings. The van der Waals surface area contributed by atoms with Crippen LogP contribution in [0.3, 0.4) is 0 Å². The Balaban J connectivity index is 2.06. The predicted octanol–water partition coefficient (Wildman–Crippen LogP) is 3.15. The van der Waals surface area contributed by atoms with E-state index in [1.165, 1.54) is 41.2 Å². The lowest BCUT2D eigenvalue weighted by Crippen LogP contribution is -2.02. The average molecular weight is 196 g/mol. The van der Waals surface area contributed by atoms with E-state index in [2.05, 4.69) is 17.9 Å². The maximum absolute atomic E-state index is 3.38. The van der Waals surface area contributed by atoms with Crippen LogP contribution >= 0.6 is 23.5 Å². The van der Waals surface area contributed by atoms with Crippen molar-refractivity contribution < 1.29 is 0 Å². The average Bonchev–Trinajstić information content (AvgIpc) is 2.21. The lowest BCUT2D eigenvalue weighted by Gasteiger charge is -2.17. The van der Waals surface area contributed by atoms with Gasteiger partial charge in [0.05, 0.1) is 5.75 Å². The quantitative estimate of drug-likeness (QED) is 0.632. The summed E-state index contributed by atoms with van der Waals surface area (Å²) in [5.74, 6) is 7.09. The molecule has 0 N–H and O–H groups in total. The van der Waals surface area contributed by atoms with Crippen molar-refractivity contribution in [2.24, 2.45) is 0 Å². The van der Waals surface area contributed by atoms with Crippen molar-refractivity contribution in [3.05, 3.63) is 29.1 Å². The Morgan fingerprint density at radius 3 is 2.75 bits per heavy atom. The first-order valence-electron chi connectivity index (χ1n) is 4.32. The Kier molecular flexibility index (Phi) is 3.23. The van der Waals surface area contributed by atoms with Gasteiger partial charge in [0.15, 0.2) is 0 Å². The zero-order valence-corrected chi connectivity index (χ0v) is 8.64. The number of hydrogen-bond donors (Lipinski definition) is 0. The highest BCUT2D eigenvalue weighted by Crippen LogP contribution is 2.31. The van der Waals surface area contributed by atoms with Crippen molar-refractivity contribution in [1.29, 1.82) is 0 Å². The summed E-state index contributed by atoms with van der Waals surface area (Å²) >= 11 is 3.87. The molecule has 0 bridgehead atoms. The van der Waals surface area contributed by atoms with Gasteiger partial charge in [0.25, 0.3) is 0 Å². The lowest BCUT2D eigenvalue weighted by atomic mass is 10.1. The number of thioether (sulfide) groups is 2. The summed E-state index contributed by atoms with van der Waals surface area (Å²) in [6.07, 6.45) is 7.16. The molecule has 0 spiro atoms. The highest BCUT2D eigenvalue weighted by molar-refractivity contribution is 8.01. The molecule has 0 aromatic rings. The van der Waals surface area contributed by atoms with Gasteiger partial charge in [0.1, 0.15) is 0 Å². The molecule has 2 heteroatoms. The van der Waals surface area contributed by atoms with Gasteiger partial charge < -0.3 is 0 Å². The maximum atomic E-state index is 3.38. The van der Waals surface area contributed by atoms with Gasteiger partial charge in [0, 0.05) is 5.75 Å². The van der Waals surface area contributed by atoms with Crippen LogP contribution in [0.15, 0.2) is 23.3 Å². The van der Waals surface area contributed by atoms with E-state index in [1.807, 2.05) is 23.5 Å². The molecule has 2 heterocycles. The van der Waals surface area contributed by atoms with Crippen molar-refractivity contribution in [2.75, 3.05) is 17.3 Å². The fourth-order valence-electron chi connectivity index (χ4n) is 1.37. The van der Waals surface area contributed by atoms with Crippen molar-refractivity contribution in [2.45, 2.75) is 12.8 Å². The minimum Gasteiger partial charge on any atom is -0.157 e. The second-order valence-corrected chi connectivity index (χ2v) is 4.93. The molecule has 0 amide bonds. The molecular formula is C10H12S2. The van der Waals surface area contributed by atoms with Crippen molar-refractivity contribution in [3.63, 3.8) is 0 Å². The second-order valence-electron chi connectivity index (χ2n) is 2.93. The highest BCUT2D eigenvalue weighted by Gasteiger charge is 2.12. The Labute approximate surface area is 82.9 Å². The van der Waals surface area contributed by atoms with E-state index < -0.39 is 0 Å². The minimum atomic E-state index is 1.19. The molecule has 2 radical (unpaired) electrons. The number of hydrogen-bond acceptors (Lipinski definition) is 2. The Morgan fingerprint density at radius 1 is 1.17 bits per heavy atom. The topological polar surface area (TPSA) is 0 Å². The summed E-state index contributed by atoms with van der Waals surface area (Å²) < 4.78 is 0. The molecule has 0 saturated heterocycles. The summed E-state index contributed by atoms with van der Waals surface area (Å²) in [7, 11) is 0. The van der Waals surface area contributed by atoms with E-state index >= 15 is 0 Å². The standard InChI is InChI=1S/C10H12S2/c1-3-9(7-11-5-1)10-4-2-6-12-8-10/h3-4H,1-2,5-7H2. The third-order valence-electron chi connectivity index (χ3n) is 2.01. The Bertz CT molecular complexity index is 192. The molecule has 0 unspecified atom stereocenters. The molecule has 2 aliphatic heterocycles. The molecule has 0 aromatic carbocycles. The van der Waals surface area contributed by atoms with Crippen LogP contribution in [0.5, 0.6) is 0 Å². The van der Waals surface area contributed by atoms with Crippen molar-refractivity contribution in [3.8, 4) is 0 Å². The second kappa shape index (κ2) is 4.43. The van der Waals surface area contributed by atoms with Gasteiger partial charge in [-0.2, -0.15) is 11.8 Å². The smallest absolute Gasteiger partial charge is 0.0817 e. The Morgan fingerprint density at radius 2 is 2.08 bits per heavy atom. The van der Waals surface area contributed by atoms with Crippen LogP contribution in [0, 0.1) is 5.75 Å². The molecular weight excluding hydrogens is 184 g/mol. The van der Waals surface area contributed by atoms with Gasteiger partial charge in [-0.25, -0.2) is 0 Å². The van der Waals surface area contributed by atoms with Gasteiger partial charge in [-0.1, -0.05) is 12.2 Å². The summed E-state index contributed by atoms with van der Waals surface area (Å²) in [5, 5.41) is 0.